The second kappa shape index (κ2) is 5.81. The van der Waals surface area contributed by atoms with Crippen LogP contribution in [0.15, 0.2) is 18.3 Å². The van der Waals surface area contributed by atoms with E-state index >= 15 is 0 Å². The Bertz CT molecular complexity index is 1110. The lowest BCUT2D eigenvalue weighted by Crippen LogP contribution is -2.05. The molecule has 7 heteroatoms. The maximum Gasteiger partial charge on any atom is 0.167 e. The normalized spacial score (nSPS) is 11.7. The first-order valence-electron chi connectivity index (χ1n) is 8.42. The molecule has 0 saturated heterocycles. The summed E-state index contributed by atoms with van der Waals surface area (Å²) in [4.78, 5) is 18.6. The van der Waals surface area contributed by atoms with Crippen LogP contribution in [0, 0.1) is 13.8 Å². The van der Waals surface area contributed by atoms with E-state index in [1.54, 1.807) is 0 Å². The van der Waals surface area contributed by atoms with Crippen molar-refractivity contribution in [2.75, 3.05) is 0 Å². The van der Waals surface area contributed by atoms with Gasteiger partial charge in [-0.2, -0.15) is 0 Å². The standard InChI is InChI=1S/C18H19ClN6/c1-5-13-20-10(3)9-24(13)15-8-7-12-18(23-15)25-14(6-2)21-11(4)16(25)17(19)22-12/h7-9H,5-6H2,1-4H3. The molecule has 0 aromatic carbocycles. The van der Waals surface area contributed by atoms with Crippen LogP contribution in [0.25, 0.3) is 22.5 Å². The van der Waals surface area contributed by atoms with E-state index in [2.05, 4.69) is 28.8 Å². The van der Waals surface area contributed by atoms with E-state index in [1.165, 1.54) is 0 Å². The summed E-state index contributed by atoms with van der Waals surface area (Å²) < 4.78 is 4.06. The third kappa shape index (κ3) is 2.40. The highest BCUT2D eigenvalue weighted by molar-refractivity contribution is 6.33. The number of aryl methyl sites for hydroxylation is 4. The summed E-state index contributed by atoms with van der Waals surface area (Å²) in [5.41, 5.74) is 4.20. The summed E-state index contributed by atoms with van der Waals surface area (Å²) >= 11 is 6.40. The van der Waals surface area contributed by atoms with Crippen LogP contribution in [-0.2, 0) is 12.8 Å². The number of nitrogens with zero attached hydrogens (tertiary/aromatic N) is 6. The van der Waals surface area contributed by atoms with Gasteiger partial charge < -0.3 is 0 Å². The predicted molar refractivity (Wildman–Crippen MR) is 98.7 cm³/mol. The predicted octanol–water partition coefficient (Wildman–Crippen LogP) is 3.86. The maximum atomic E-state index is 6.40. The number of fused-ring (bicyclic) bond motifs is 3. The molecule has 0 saturated carbocycles. The van der Waals surface area contributed by atoms with E-state index in [9.17, 15) is 0 Å². The molecule has 0 amide bonds. The van der Waals surface area contributed by atoms with Crippen LogP contribution in [0.4, 0.5) is 0 Å². The van der Waals surface area contributed by atoms with Crippen molar-refractivity contribution in [2.24, 2.45) is 0 Å². The van der Waals surface area contributed by atoms with Crippen molar-refractivity contribution in [1.82, 2.24) is 28.9 Å². The summed E-state index contributed by atoms with van der Waals surface area (Å²) in [5.74, 6) is 2.74. The fraction of sp³-hybridized carbons (Fsp3) is 0.333. The Balaban J connectivity index is 2.08. The zero-order valence-corrected chi connectivity index (χ0v) is 15.5. The van der Waals surface area contributed by atoms with Crippen LogP contribution in [0.2, 0.25) is 5.15 Å². The van der Waals surface area contributed by atoms with Gasteiger partial charge in [0.15, 0.2) is 10.8 Å². The molecule has 0 bridgehead atoms. The Kier molecular flexibility index (Phi) is 3.72. The molecule has 0 spiro atoms. The number of pyridine rings is 1. The van der Waals surface area contributed by atoms with E-state index in [4.69, 9.17) is 16.6 Å². The molecule has 25 heavy (non-hydrogen) atoms. The topological polar surface area (TPSA) is 60.9 Å². The monoisotopic (exact) mass is 354 g/mol. The van der Waals surface area contributed by atoms with Crippen molar-refractivity contribution in [3.63, 3.8) is 0 Å². The highest BCUT2D eigenvalue weighted by Gasteiger charge is 2.17. The Morgan fingerprint density at radius 2 is 1.72 bits per heavy atom. The second-order valence-corrected chi connectivity index (χ2v) is 6.45. The Morgan fingerprint density at radius 3 is 2.44 bits per heavy atom. The number of halogens is 1. The van der Waals surface area contributed by atoms with Crippen molar-refractivity contribution < 1.29 is 0 Å². The number of hydrogen-bond donors (Lipinski definition) is 0. The van der Waals surface area contributed by atoms with Crippen molar-refractivity contribution in [2.45, 2.75) is 40.5 Å². The van der Waals surface area contributed by atoms with Crippen LogP contribution in [0.3, 0.4) is 0 Å². The van der Waals surface area contributed by atoms with E-state index < -0.39 is 0 Å². The molecule has 4 heterocycles. The zero-order valence-electron chi connectivity index (χ0n) is 14.7. The molecule has 0 fully saturated rings. The van der Waals surface area contributed by atoms with Gasteiger partial charge in [-0.15, -0.1) is 0 Å². The largest absolute Gasteiger partial charge is 0.288 e. The average Bonchev–Trinajstić information content (AvgIpc) is 3.15. The summed E-state index contributed by atoms with van der Waals surface area (Å²) in [7, 11) is 0. The van der Waals surface area contributed by atoms with E-state index in [1.807, 2.05) is 41.1 Å². The van der Waals surface area contributed by atoms with Crippen LogP contribution in [0.5, 0.6) is 0 Å². The van der Waals surface area contributed by atoms with Crippen LogP contribution >= 0.6 is 11.6 Å². The first-order chi connectivity index (χ1) is 12.0. The highest BCUT2D eigenvalue weighted by Crippen LogP contribution is 2.26. The molecule has 4 aromatic rings. The molecule has 0 atom stereocenters. The Hall–Kier alpha value is -2.47. The van der Waals surface area contributed by atoms with Crippen molar-refractivity contribution in [3.05, 3.63) is 46.5 Å². The summed E-state index contributed by atoms with van der Waals surface area (Å²) in [6, 6.07) is 3.90. The van der Waals surface area contributed by atoms with Gasteiger partial charge in [0.25, 0.3) is 0 Å². The molecular weight excluding hydrogens is 336 g/mol. The number of aromatic nitrogens is 6. The third-order valence-corrected chi connectivity index (χ3v) is 4.63. The van der Waals surface area contributed by atoms with Crippen molar-refractivity contribution in [1.29, 1.82) is 0 Å². The Morgan fingerprint density at radius 1 is 0.960 bits per heavy atom. The molecule has 0 N–H and O–H groups in total. The molecule has 0 unspecified atom stereocenters. The minimum absolute atomic E-state index is 0.458. The van der Waals surface area contributed by atoms with Gasteiger partial charge in [-0.25, -0.2) is 19.9 Å². The maximum absolute atomic E-state index is 6.40. The fourth-order valence-electron chi connectivity index (χ4n) is 3.27. The number of imidazole rings is 2. The first kappa shape index (κ1) is 16.0. The Labute approximate surface area is 150 Å². The molecule has 128 valence electrons. The van der Waals surface area contributed by atoms with Gasteiger partial charge in [0, 0.05) is 19.0 Å². The zero-order chi connectivity index (χ0) is 17.7. The van der Waals surface area contributed by atoms with E-state index in [0.29, 0.717) is 5.15 Å². The van der Waals surface area contributed by atoms with Gasteiger partial charge in [-0.05, 0) is 26.0 Å². The van der Waals surface area contributed by atoms with Gasteiger partial charge in [0.1, 0.15) is 28.5 Å². The van der Waals surface area contributed by atoms with Crippen molar-refractivity contribution >= 4 is 28.3 Å². The number of hydrogen-bond acceptors (Lipinski definition) is 4. The third-order valence-electron chi connectivity index (χ3n) is 4.37. The number of rotatable bonds is 3. The molecule has 0 aliphatic heterocycles. The van der Waals surface area contributed by atoms with Gasteiger partial charge in [0.2, 0.25) is 0 Å². The average molecular weight is 355 g/mol. The second-order valence-electron chi connectivity index (χ2n) is 6.09. The molecule has 4 rings (SSSR count). The molecule has 4 aromatic heterocycles. The fourth-order valence-corrected chi connectivity index (χ4v) is 3.58. The smallest absolute Gasteiger partial charge is 0.167 e. The minimum atomic E-state index is 0.458. The van der Waals surface area contributed by atoms with E-state index in [-0.39, 0.29) is 0 Å². The van der Waals surface area contributed by atoms with Crippen LogP contribution in [0.1, 0.15) is 36.9 Å². The molecule has 0 radical (unpaired) electrons. The molecule has 6 nitrogen and oxygen atoms in total. The van der Waals surface area contributed by atoms with Crippen molar-refractivity contribution in [3.8, 4) is 5.82 Å². The molecule has 0 aliphatic rings. The van der Waals surface area contributed by atoms with Gasteiger partial charge in [0.05, 0.1) is 11.4 Å². The molecular formula is C18H19ClN6. The summed E-state index contributed by atoms with van der Waals surface area (Å²) in [5, 5.41) is 0.458. The van der Waals surface area contributed by atoms with Gasteiger partial charge in [-0.1, -0.05) is 25.4 Å². The first-order valence-corrected chi connectivity index (χ1v) is 8.80. The lowest BCUT2D eigenvalue weighted by atomic mass is 10.3. The molecule has 0 aliphatic carbocycles. The summed E-state index contributed by atoms with van der Waals surface area (Å²) in [6.07, 6.45) is 3.64. The van der Waals surface area contributed by atoms with Gasteiger partial charge in [-0.3, -0.25) is 8.97 Å². The minimum Gasteiger partial charge on any atom is -0.288 e. The quantitative estimate of drug-likeness (QED) is 0.560. The van der Waals surface area contributed by atoms with E-state index in [0.717, 1.165) is 58.4 Å². The lowest BCUT2D eigenvalue weighted by Gasteiger charge is -2.09. The highest BCUT2D eigenvalue weighted by atomic mass is 35.5. The lowest BCUT2D eigenvalue weighted by molar-refractivity contribution is 0.865. The van der Waals surface area contributed by atoms with Gasteiger partial charge >= 0.3 is 0 Å². The SMILES string of the molecule is CCc1nc(C)cn1-c1ccc2nc(Cl)c3c(C)nc(CC)n3c2n1. The summed E-state index contributed by atoms with van der Waals surface area (Å²) in [6.45, 7) is 8.11. The van der Waals surface area contributed by atoms with Crippen LogP contribution in [-0.4, -0.2) is 28.9 Å². The van der Waals surface area contributed by atoms with Crippen LogP contribution < -0.4 is 0 Å².